The summed E-state index contributed by atoms with van der Waals surface area (Å²) in [7, 11) is 1.85. The summed E-state index contributed by atoms with van der Waals surface area (Å²) >= 11 is 1.45. The number of anilines is 1. The third kappa shape index (κ3) is 2.86. The fraction of sp³-hybridized carbons (Fsp3) is 0.500. The summed E-state index contributed by atoms with van der Waals surface area (Å²) in [5.41, 5.74) is 6.71. The molecular weight excluding hydrogens is 260 g/mol. The Morgan fingerprint density at radius 2 is 1.95 bits per heavy atom. The summed E-state index contributed by atoms with van der Waals surface area (Å²) in [6.07, 6.45) is 1.52. The van der Waals surface area contributed by atoms with Crippen LogP contribution in [-0.4, -0.2) is 24.7 Å². The second-order valence-electron chi connectivity index (χ2n) is 5.38. The number of aryl methyl sites for hydroxylation is 1. The van der Waals surface area contributed by atoms with E-state index in [2.05, 4.69) is 40.8 Å². The average Bonchev–Trinajstić information content (AvgIpc) is 2.69. The molecule has 0 unspecified atom stereocenters. The maximum atomic E-state index is 5.98. The number of nitrogens with two attached hydrogens (primary N) is 1. The minimum absolute atomic E-state index is 0.142. The molecule has 0 fully saturated rings. The second kappa shape index (κ2) is 4.80. The van der Waals surface area contributed by atoms with E-state index in [1.165, 1.54) is 18.1 Å². The van der Waals surface area contributed by atoms with Crippen LogP contribution in [0.15, 0.2) is 16.5 Å². The Bertz CT molecular complexity index is 599. The van der Waals surface area contributed by atoms with Crippen LogP contribution in [0.25, 0.3) is 0 Å². The molecule has 0 aliphatic carbocycles. The molecule has 0 amide bonds. The van der Waals surface area contributed by atoms with Crippen molar-refractivity contribution in [2.45, 2.75) is 43.3 Å². The van der Waals surface area contributed by atoms with E-state index >= 15 is 0 Å². The molecule has 0 atom stereocenters. The molecule has 0 aromatic carbocycles. The van der Waals surface area contributed by atoms with E-state index in [1.54, 1.807) is 4.68 Å². The van der Waals surface area contributed by atoms with E-state index in [1.807, 2.05) is 14.0 Å². The molecule has 2 rings (SSSR count). The van der Waals surface area contributed by atoms with Crippen LogP contribution in [-0.2, 0) is 12.5 Å². The largest absolute Gasteiger partial charge is 0.383 e. The summed E-state index contributed by atoms with van der Waals surface area (Å²) in [5.74, 6) is 1.25. The third-order valence-electron chi connectivity index (χ3n) is 2.67. The number of nitrogens with zero attached hydrogens (tertiary/aromatic N) is 5. The molecule has 2 N–H and O–H groups in total. The van der Waals surface area contributed by atoms with E-state index in [4.69, 9.17) is 5.73 Å². The maximum Gasteiger partial charge on any atom is 0.192 e. The predicted molar refractivity (Wildman–Crippen MR) is 75.0 cm³/mol. The molecule has 2 aromatic rings. The van der Waals surface area contributed by atoms with Crippen molar-refractivity contribution in [3.05, 3.63) is 17.7 Å². The van der Waals surface area contributed by atoms with Crippen LogP contribution in [0.3, 0.4) is 0 Å². The number of hydrogen-bond acceptors (Lipinski definition) is 6. The second-order valence-corrected chi connectivity index (χ2v) is 6.34. The highest BCUT2D eigenvalue weighted by atomic mass is 32.2. The highest BCUT2D eigenvalue weighted by molar-refractivity contribution is 7.99. The van der Waals surface area contributed by atoms with Gasteiger partial charge in [-0.1, -0.05) is 20.8 Å². The standard InChI is InChI=1S/C12H18N6S/c1-7-8(13)16-10(12(2,3)4)17-9(7)19-11-14-6-15-18(11)5/h6H,1-5H3,(H2,13,16,17). The van der Waals surface area contributed by atoms with Crippen molar-refractivity contribution in [1.29, 1.82) is 0 Å². The van der Waals surface area contributed by atoms with Gasteiger partial charge in [-0.2, -0.15) is 5.10 Å². The van der Waals surface area contributed by atoms with Crippen molar-refractivity contribution in [3.63, 3.8) is 0 Å². The Labute approximate surface area is 116 Å². The molecule has 0 radical (unpaired) electrons. The molecular formula is C12H18N6S. The number of aromatic nitrogens is 5. The van der Waals surface area contributed by atoms with E-state index in [9.17, 15) is 0 Å². The molecule has 0 bridgehead atoms. The lowest BCUT2D eigenvalue weighted by Crippen LogP contribution is -2.18. The Morgan fingerprint density at radius 1 is 1.26 bits per heavy atom. The van der Waals surface area contributed by atoms with Crippen LogP contribution in [0.2, 0.25) is 0 Å². The minimum atomic E-state index is -0.142. The predicted octanol–water partition coefficient (Wildman–Crippen LogP) is 1.94. The van der Waals surface area contributed by atoms with Gasteiger partial charge in [-0.05, 0) is 18.7 Å². The van der Waals surface area contributed by atoms with Gasteiger partial charge in [-0.3, -0.25) is 0 Å². The first-order valence-corrected chi connectivity index (χ1v) is 6.77. The lowest BCUT2D eigenvalue weighted by molar-refractivity contribution is 0.538. The van der Waals surface area contributed by atoms with Crippen LogP contribution in [0, 0.1) is 6.92 Å². The zero-order valence-corrected chi connectivity index (χ0v) is 12.6. The first-order chi connectivity index (χ1) is 8.79. The lowest BCUT2D eigenvalue weighted by Gasteiger charge is -2.18. The van der Waals surface area contributed by atoms with Gasteiger partial charge in [0.15, 0.2) is 5.16 Å². The third-order valence-corrected chi connectivity index (χ3v) is 3.81. The number of rotatable bonds is 2. The SMILES string of the molecule is Cc1c(N)nc(C(C)(C)C)nc1Sc1ncnn1C. The first kappa shape index (κ1) is 13.8. The van der Waals surface area contributed by atoms with Gasteiger partial charge in [0.05, 0.1) is 0 Å². The fourth-order valence-corrected chi connectivity index (χ4v) is 2.25. The minimum Gasteiger partial charge on any atom is -0.383 e. The van der Waals surface area contributed by atoms with Gasteiger partial charge in [0.2, 0.25) is 0 Å². The summed E-state index contributed by atoms with van der Waals surface area (Å²) < 4.78 is 1.71. The zero-order valence-electron chi connectivity index (χ0n) is 11.8. The lowest BCUT2D eigenvalue weighted by atomic mass is 9.95. The fourth-order valence-electron chi connectivity index (χ4n) is 1.41. The Kier molecular flexibility index (Phi) is 3.49. The molecule has 7 heteroatoms. The Morgan fingerprint density at radius 3 is 2.47 bits per heavy atom. The van der Waals surface area contributed by atoms with Gasteiger partial charge in [0.1, 0.15) is 23.0 Å². The molecule has 0 saturated heterocycles. The molecule has 2 heterocycles. The average molecular weight is 278 g/mol. The van der Waals surface area contributed by atoms with Crippen LogP contribution in [0.5, 0.6) is 0 Å². The van der Waals surface area contributed by atoms with Gasteiger partial charge in [-0.25, -0.2) is 19.6 Å². The van der Waals surface area contributed by atoms with Crippen molar-refractivity contribution in [2.24, 2.45) is 7.05 Å². The monoisotopic (exact) mass is 278 g/mol. The van der Waals surface area contributed by atoms with E-state index in [0.717, 1.165) is 21.6 Å². The van der Waals surface area contributed by atoms with Gasteiger partial charge in [0.25, 0.3) is 0 Å². The van der Waals surface area contributed by atoms with Crippen LogP contribution < -0.4 is 5.73 Å². The molecule has 6 nitrogen and oxygen atoms in total. The molecule has 0 saturated carbocycles. The van der Waals surface area contributed by atoms with Gasteiger partial charge in [-0.15, -0.1) is 0 Å². The van der Waals surface area contributed by atoms with Crippen molar-refractivity contribution < 1.29 is 0 Å². The van der Waals surface area contributed by atoms with Crippen molar-refractivity contribution in [2.75, 3.05) is 5.73 Å². The van der Waals surface area contributed by atoms with Gasteiger partial charge < -0.3 is 5.73 Å². The van der Waals surface area contributed by atoms with E-state index in [-0.39, 0.29) is 5.41 Å². The summed E-state index contributed by atoms with van der Waals surface area (Å²) in [6, 6.07) is 0. The Balaban J connectivity index is 2.45. The van der Waals surface area contributed by atoms with E-state index < -0.39 is 0 Å². The summed E-state index contributed by atoms with van der Waals surface area (Å²) in [4.78, 5) is 13.2. The van der Waals surface area contributed by atoms with Crippen molar-refractivity contribution >= 4 is 17.6 Å². The zero-order chi connectivity index (χ0) is 14.2. The molecule has 102 valence electrons. The van der Waals surface area contributed by atoms with Gasteiger partial charge in [0, 0.05) is 18.0 Å². The highest BCUT2D eigenvalue weighted by Crippen LogP contribution is 2.31. The van der Waals surface area contributed by atoms with Crippen LogP contribution in [0.1, 0.15) is 32.2 Å². The summed E-state index contributed by atoms with van der Waals surface area (Å²) in [6.45, 7) is 8.11. The first-order valence-electron chi connectivity index (χ1n) is 5.95. The smallest absolute Gasteiger partial charge is 0.192 e. The Hall–Kier alpha value is -1.63. The topological polar surface area (TPSA) is 82.5 Å². The van der Waals surface area contributed by atoms with Gasteiger partial charge >= 0.3 is 0 Å². The van der Waals surface area contributed by atoms with Crippen LogP contribution >= 0.6 is 11.8 Å². The molecule has 0 spiro atoms. The molecule has 2 aromatic heterocycles. The normalized spacial score (nSPS) is 11.8. The van der Waals surface area contributed by atoms with Crippen molar-refractivity contribution in [3.8, 4) is 0 Å². The maximum absolute atomic E-state index is 5.98. The molecule has 0 aliphatic rings. The highest BCUT2D eigenvalue weighted by Gasteiger charge is 2.21. The summed E-state index contributed by atoms with van der Waals surface area (Å²) in [5, 5.41) is 5.65. The number of nitrogen functional groups attached to an aromatic ring is 1. The quantitative estimate of drug-likeness (QED) is 0.845. The molecule has 19 heavy (non-hydrogen) atoms. The molecule has 0 aliphatic heterocycles. The number of hydrogen-bond donors (Lipinski definition) is 1. The van der Waals surface area contributed by atoms with Crippen molar-refractivity contribution in [1.82, 2.24) is 24.7 Å². The van der Waals surface area contributed by atoms with E-state index in [0.29, 0.717) is 5.82 Å². The van der Waals surface area contributed by atoms with Crippen LogP contribution in [0.4, 0.5) is 5.82 Å².